The highest BCUT2D eigenvalue weighted by Gasteiger charge is 2.43. The van der Waals surface area contributed by atoms with E-state index in [4.69, 9.17) is 0 Å². The number of hydrogen-bond acceptors (Lipinski definition) is 4. The Balaban J connectivity index is 1.40. The van der Waals surface area contributed by atoms with Gasteiger partial charge in [0.25, 0.3) is 0 Å². The molecule has 0 radical (unpaired) electrons. The molecule has 2 aromatic rings. The van der Waals surface area contributed by atoms with Crippen LogP contribution in [0.5, 0.6) is 0 Å². The van der Waals surface area contributed by atoms with E-state index >= 15 is 0 Å². The van der Waals surface area contributed by atoms with Crippen molar-refractivity contribution in [1.29, 1.82) is 0 Å². The van der Waals surface area contributed by atoms with Crippen LogP contribution < -0.4 is 0 Å². The standard InChI is InChI=1S/C26H32F3N3O3S/c1-25(2,3)22-7-4-19(5-8-22)17-30-12-14-32(15-13-30)36(34,35)23-9-6-20-10-11-31(18-21(20)16-23)24(33)26(27,28)29/h4-9,16H,10-15,17-18H2,1-3H3. The molecule has 2 aliphatic rings. The summed E-state index contributed by atoms with van der Waals surface area (Å²) in [6.07, 6.45) is -4.69. The monoisotopic (exact) mass is 523 g/mol. The van der Waals surface area contributed by atoms with Crippen molar-refractivity contribution in [1.82, 2.24) is 14.1 Å². The van der Waals surface area contributed by atoms with Crippen molar-refractivity contribution in [2.45, 2.75) is 56.8 Å². The molecule has 0 aliphatic carbocycles. The first-order chi connectivity index (χ1) is 16.7. The molecule has 2 aliphatic heterocycles. The fourth-order valence-electron chi connectivity index (χ4n) is 4.69. The van der Waals surface area contributed by atoms with Gasteiger partial charge in [0.1, 0.15) is 0 Å². The third-order valence-electron chi connectivity index (χ3n) is 6.91. The quantitative estimate of drug-likeness (QED) is 0.609. The minimum absolute atomic E-state index is 0.0433. The van der Waals surface area contributed by atoms with E-state index in [1.54, 1.807) is 6.07 Å². The number of carbonyl (C=O) groups excluding carboxylic acids is 1. The van der Waals surface area contributed by atoms with Gasteiger partial charge in [0, 0.05) is 45.8 Å². The van der Waals surface area contributed by atoms with Gasteiger partial charge in [0.2, 0.25) is 10.0 Å². The molecule has 1 saturated heterocycles. The SMILES string of the molecule is CC(C)(C)c1ccc(CN2CCN(S(=O)(=O)c3ccc4c(c3)CN(C(=O)C(F)(F)F)CC4)CC2)cc1. The molecule has 0 unspecified atom stereocenters. The average Bonchev–Trinajstić information content (AvgIpc) is 2.82. The molecule has 36 heavy (non-hydrogen) atoms. The minimum atomic E-state index is -4.95. The lowest BCUT2D eigenvalue weighted by Gasteiger charge is -2.34. The Morgan fingerprint density at radius 3 is 2.11 bits per heavy atom. The number of sulfonamides is 1. The first-order valence-electron chi connectivity index (χ1n) is 12.0. The number of amides is 1. The van der Waals surface area contributed by atoms with Crippen LogP contribution in [0.4, 0.5) is 13.2 Å². The molecule has 10 heteroatoms. The molecule has 6 nitrogen and oxygen atoms in total. The maximum atomic E-state index is 13.3. The molecular weight excluding hydrogens is 491 g/mol. The molecule has 1 fully saturated rings. The molecule has 0 N–H and O–H groups in total. The van der Waals surface area contributed by atoms with Crippen LogP contribution in [0, 0.1) is 0 Å². The van der Waals surface area contributed by atoms with Gasteiger partial charge in [-0.05, 0) is 46.2 Å². The van der Waals surface area contributed by atoms with Gasteiger partial charge in [0.15, 0.2) is 0 Å². The van der Waals surface area contributed by atoms with Gasteiger partial charge in [-0.15, -0.1) is 0 Å². The number of fused-ring (bicyclic) bond motifs is 1. The van der Waals surface area contributed by atoms with Crippen LogP contribution in [0.3, 0.4) is 0 Å². The number of benzene rings is 2. The van der Waals surface area contributed by atoms with Crippen LogP contribution in [-0.2, 0) is 39.7 Å². The van der Waals surface area contributed by atoms with Crippen molar-refractivity contribution in [3.63, 3.8) is 0 Å². The van der Waals surface area contributed by atoms with E-state index in [9.17, 15) is 26.4 Å². The van der Waals surface area contributed by atoms with E-state index in [1.165, 1.54) is 27.6 Å². The van der Waals surface area contributed by atoms with Gasteiger partial charge in [-0.3, -0.25) is 9.69 Å². The molecule has 0 saturated carbocycles. The van der Waals surface area contributed by atoms with E-state index in [-0.39, 0.29) is 29.8 Å². The summed E-state index contributed by atoms with van der Waals surface area (Å²) in [4.78, 5) is 14.6. The van der Waals surface area contributed by atoms with E-state index in [1.807, 2.05) is 0 Å². The second-order valence-electron chi connectivity index (χ2n) is 10.5. The molecule has 2 heterocycles. The smallest absolute Gasteiger partial charge is 0.330 e. The summed E-state index contributed by atoms with van der Waals surface area (Å²) in [5.41, 5.74) is 3.73. The molecule has 0 spiro atoms. The molecule has 2 aromatic carbocycles. The molecule has 1 amide bonds. The Hall–Kier alpha value is -2.43. The minimum Gasteiger partial charge on any atom is -0.330 e. The van der Waals surface area contributed by atoms with Crippen molar-refractivity contribution in [2.24, 2.45) is 0 Å². The number of hydrogen-bond donors (Lipinski definition) is 0. The molecule has 196 valence electrons. The molecule has 0 bridgehead atoms. The summed E-state index contributed by atoms with van der Waals surface area (Å²) < 4.78 is 66.6. The average molecular weight is 524 g/mol. The highest BCUT2D eigenvalue weighted by molar-refractivity contribution is 7.89. The summed E-state index contributed by atoms with van der Waals surface area (Å²) >= 11 is 0. The zero-order valence-electron chi connectivity index (χ0n) is 20.8. The summed E-state index contributed by atoms with van der Waals surface area (Å²) in [6, 6.07) is 13.1. The van der Waals surface area contributed by atoms with Crippen molar-refractivity contribution < 1.29 is 26.4 Å². The van der Waals surface area contributed by atoms with Crippen molar-refractivity contribution in [3.05, 3.63) is 64.7 Å². The number of carbonyl (C=O) groups is 1. The van der Waals surface area contributed by atoms with Crippen LogP contribution in [0.25, 0.3) is 0 Å². The van der Waals surface area contributed by atoms with Crippen molar-refractivity contribution in [3.8, 4) is 0 Å². The molecule has 0 aromatic heterocycles. The Bertz CT molecular complexity index is 1210. The zero-order chi connectivity index (χ0) is 26.3. The molecular formula is C26H32F3N3O3S. The summed E-state index contributed by atoms with van der Waals surface area (Å²) in [5.74, 6) is -1.90. The van der Waals surface area contributed by atoms with Gasteiger partial charge in [-0.2, -0.15) is 17.5 Å². The van der Waals surface area contributed by atoms with Gasteiger partial charge < -0.3 is 4.90 Å². The van der Waals surface area contributed by atoms with E-state index in [2.05, 4.69) is 49.9 Å². The third-order valence-corrected chi connectivity index (χ3v) is 8.81. The van der Waals surface area contributed by atoms with Crippen molar-refractivity contribution >= 4 is 15.9 Å². The normalized spacial score (nSPS) is 18.2. The lowest BCUT2D eigenvalue weighted by Crippen LogP contribution is -2.48. The number of nitrogens with zero attached hydrogens (tertiary/aromatic N) is 3. The summed E-state index contributed by atoms with van der Waals surface area (Å²) in [6.45, 7) is 8.78. The van der Waals surface area contributed by atoms with Crippen LogP contribution in [0.2, 0.25) is 0 Å². The number of rotatable bonds is 4. The second kappa shape index (κ2) is 9.79. The largest absolute Gasteiger partial charge is 0.471 e. The Kier molecular flexibility index (Phi) is 7.24. The lowest BCUT2D eigenvalue weighted by atomic mass is 9.87. The van der Waals surface area contributed by atoms with E-state index < -0.39 is 22.1 Å². The molecule has 4 rings (SSSR count). The van der Waals surface area contributed by atoms with E-state index in [0.29, 0.717) is 31.7 Å². The summed E-state index contributed by atoms with van der Waals surface area (Å²) in [5, 5.41) is 0. The fraction of sp³-hybridized carbons (Fsp3) is 0.500. The topological polar surface area (TPSA) is 60.9 Å². The van der Waals surface area contributed by atoms with Gasteiger partial charge in [-0.25, -0.2) is 8.42 Å². The third kappa shape index (κ3) is 5.76. The van der Waals surface area contributed by atoms with Crippen molar-refractivity contribution in [2.75, 3.05) is 32.7 Å². The number of piperazine rings is 1. The lowest BCUT2D eigenvalue weighted by molar-refractivity contribution is -0.186. The highest BCUT2D eigenvalue weighted by Crippen LogP contribution is 2.28. The van der Waals surface area contributed by atoms with Gasteiger partial charge in [0.05, 0.1) is 4.90 Å². The fourth-order valence-corrected chi connectivity index (χ4v) is 6.17. The Morgan fingerprint density at radius 1 is 0.889 bits per heavy atom. The maximum absolute atomic E-state index is 13.3. The Morgan fingerprint density at radius 2 is 1.53 bits per heavy atom. The van der Waals surface area contributed by atoms with Gasteiger partial charge >= 0.3 is 12.1 Å². The highest BCUT2D eigenvalue weighted by atomic mass is 32.2. The van der Waals surface area contributed by atoms with Gasteiger partial charge in [-0.1, -0.05) is 51.1 Å². The molecule has 0 atom stereocenters. The van der Waals surface area contributed by atoms with Crippen LogP contribution >= 0.6 is 0 Å². The first-order valence-corrected chi connectivity index (χ1v) is 13.5. The predicted octanol–water partition coefficient (Wildman–Crippen LogP) is 3.94. The first kappa shape index (κ1) is 26.6. The number of alkyl halides is 3. The summed E-state index contributed by atoms with van der Waals surface area (Å²) in [7, 11) is -3.80. The van der Waals surface area contributed by atoms with Crippen LogP contribution in [-0.4, -0.2) is 67.3 Å². The number of halogens is 3. The maximum Gasteiger partial charge on any atom is 0.471 e. The van der Waals surface area contributed by atoms with Crippen LogP contribution in [0.15, 0.2) is 47.4 Å². The second-order valence-corrected chi connectivity index (χ2v) is 12.5. The van der Waals surface area contributed by atoms with E-state index in [0.717, 1.165) is 17.0 Å². The zero-order valence-corrected chi connectivity index (χ0v) is 21.6. The van der Waals surface area contributed by atoms with Crippen LogP contribution in [0.1, 0.15) is 43.0 Å². The Labute approximate surface area is 210 Å². The predicted molar refractivity (Wildman–Crippen MR) is 131 cm³/mol.